The van der Waals surface area contributed by atoms with Crippen LogP contribution in [0.1, 0.15) is 12.0 Å². The monoisotopic (exact) mass is 409 g/mol. The van der Waals surface area contributed by atoms with Gasteiger partial charge in [0.25, 0.3) is 0 Å². The summed E-state index contributed by atoms with van der Waals surface area (Å²) in [6.07, 6.45) is 2.92. The van der Waals surface area contributed by atoms with Crippen molar-refractivity contribution in [3.63, 3.8) is 0 Å². The maximum atomic E-state index is 14.0. The average molecular weight is 409 g/mol. The van der Waals surface area contributed by atoms with Crippen molar-refractivity contribution in [3.05, 3.63) is 72.1 Å². The van der Waals surface area contributed by atoms with Gasteiger partial charge < -0.3 is 10.7 Å². The molecule has 1 aromatic heterocycles. The summed E-state index contributed by atoms with van der Waals surface area (Å²) >= 11 is 1.20. The number of nitrogen functional groups attached to an aromatic ring is 1. The number of amides is 1. The molecule has 0 unspecified atom stereocenters. The number of hydrogen-bond donors (Lipinski definition) is 1. The second-order valence-corrected chi connectivity index (χ2v) is 7.57. The van der Waals surface area contributed by atoms with Crippen LogP contribution >= 0.6 is 11.8 Å². The van der Waals surface area contributed by atoms with Gasteiger partial charge in [-0.2, -0.15) is 0 Å². The van der Waals surface area contributed by atoms with E-state index >= 15 is 0 Å². The van der Waals surface area contributed by atoms with Crippen LogP contribution in [0.4, 0.5) is 4.39 Å². The second-order valence-electron chi connectivity index (χ2n) is 6.63. The smallest absolute Gasteiger partial charge is 0.233 e. The molecule has 8 heteroatoms. The highest BCUT2D eigenvalue weighted by atomic mass is 32.2. The number of benzene rings is 2. The molecule has 0 aliphatic carbocycles. The fourth-order valence-corrected chi connectivity index (χ4v) is 3.99. The van der Waals surface area contributed by atoms with Gasteiger partial charge in [-0.25, -0.2) is 9.07 Å². The van der Waals surface area contributed by atoms with Gasteiger partial charge in [0.1, 0.15) is 5.82 Å². The number of rotatable bonds is 5. The van der Waals surface area contributed by atoms with Gasteiger partial charge in [0.2, 0.25) is 11.1 Å². The minimum atomic E-state index is -0.423. The minimum Gasteiger partial charge on any atom is -0.338 e. The van der Waals surface area contributed by atoms with E-state index in [-0.39, 0.29) is 23.0 Å². The minimum absolute atomic E-state index is 0.00815. The molecule has 1 aliphatic heterocycles. The van der Waals surface area contributed by atoms with Crippen LogP contribution in [0, 0.1) is 5.82 Å². The van der Waals surface area contributed by atoms with Gasteiger partial charge in [-0.15, -0.1) is 10.2 Å². The Kier molecular flexibility index (Phi) is 5.62. The first-order valence-electron chi connectivity index (χ1n) is 9.24. The number of halogens is 1. The molecule has 0 saturated heterocycles. The Labute approximate surface area is 172 Å². The second kappa shape index (κ2) is 8.48. The summed E-state index contributed by atoms with van der Waals surface area (Å²) in [6, 6.07) is 16.4. The van der Waals surface area contributed by atoms with Crippen molar-refractivity contribution in [3.8, 4) is 11.4 Å². The van der Waals surface area contributed by atoms with Crippen LogP contribution in [0.25, 0.3) is 17.0 Å². The highest BCUT2D eigenvalue weighted by Gasteiger charge is 2.20. The molecule has 0 radical (unpaired) electrons. The zero-order valence-electron chi connectivity index (χ0n) is 15.7. The van der Waals surface area contributed by atoms with Crippen molar-refractivity contribution in [2.24, 2.45) is 0 Å². The third-order valence-electron chi connectivity index (χ3n) is 4.81. The molecular formula is C21H20FN5OS. The zero-order chi connectivity index (χ0) is 20.2. The summed E-state index contributed by atoms with van der Waals surface area (Å²) < 4.78 is 15.2. The van der Waals surface area contributed by atoms with Gasteiger partial charge in [-0.3, -0.25) is 4.79 Å². The Morgan fingerprint density at radius 3 is 2.59 bits per heavy atom. The molecule has 4 rings (SSSR count). The molecule has 1 amide bonds. The van der Waals surface area contributed by atoms with Gasteiger partial charge in [0, 0.05) is 13.1 Å². The number of carbonyl (C=O) groups is 1. The molecule has 0 fully saturated rings. The number of aromatic nitrogens is 3. The lowest BCUT2D eigenvalue weighted by Gasteiger charge is -2.26. The van der Waals surface area contributed by atoms with E-state index in [9.17, 15) is 9.18 Å². The first kappa shape index (κ1) is 19.2. The largest absolute Gasteiger partial charge is 0.338 e. The van der Waals surface area contributed by atoms with E-state index in [0.29, 0.717) is 18.2 Å². The number of nitrogens with two attached hydrogens (primary N) is 1. The van der Waals surface area contributed by atoms with Crippen molar-refractivity contribution in [1.29, 1.82) is 0 Å². The summed E-state index contributed by atoms with van der Waals surface area (Å²) in [5.74, 6) is 6.03. The lowest BCUT2D eigenvalue weighted by atomic mass is 10.00. The fourth-order valence-electron chi connectivity index (χ4n) is 3.23. The molecule has 6 nitrogen and oxygen atoms in total. The zero-order valence-corrected chi connectivity index (χ0v) is 16.5. The molecule has 3 aromatic rings. The van der Waals surface area contributed by atoms with Crippen LogP contribution in [0.15, 0.2) is 65.8 Å². The van der Waals surface area contributed by atoms with E-state index in [1.807, 2.05) is 23.1 Å². The Hall–Kier alpha value is -3.13. The quantitative estimate of drug-likeness (QED) is 0.517. The van der Waals surface area contributed by atoms with E-state index in [1.54, 1.807) is 18.2 Å². The molecule has 2 heterocycles. The summed E-state index contributed by atoms with van der Waals surface area (Å²) in [7, 11) is 0. The standard InChI is InChI=1S/C21H20FN5OS/c22-18-9-5-4-8-17(18)20-24-25-21(27(20)23)29-14-19(28)26-12-10-16(11-13-26)15-6-2-1-3-7-15/h1-10H,11-14,23H2. The molecule has 29 heavy (non-hydrogen) atoms. The first-order chi connectivity index (χ1) is 14.1. The molecule has 2 aromatic carbocycles. The topological polar surface area (TPSA) is 77.0 Å². The van der Waals surface area contributed by atoms with Crippen molar-refractivity contribution in [2.45, 2.75) is 11.6 Å². The Morgan fingerprint density at radius 1 is 1.10 bits per heavy atom. The third kappa shape index (κ3) is 4.17. The number of hydrogen-bond acceptors (Lipinski definition) is 5. The summed E-state index contributed by atoms with van der Waals surface area (Å²) in [5, 5.41) is 8.35. The molecule has 0 bridgehead atoms. The predicted molar refractivity (Wildman–Crippen MR) is 112 cm³/mol. The summed E-state index contributed by atoms with van der Waals surface area (Å²) in [6.45, 7) is 1.26. The van der Waals surface area contributed by atoms with E-state index in [4.69, 9.17) is 5.84 Å². The number of nitrogens with zero attached hydrogens (tertiary/aromatic N) is 4. The van der Waals surface area contributed by atoms with Gasteiger partial charge in [0.15, 0.2) is 5.82 Å². The summed E-state index contributed by atoms with van der Waals surface area (Å²) in [5.41, 5.74) is 2.74. The van der Waals surface area contributed by atoms with Crippen LogP contribution in [-0.4, -0.2) is 44.5 Å². The molecule has 0 atom stereocenters. The number of thioether (sulfide) groups is 1. The maximum Gasteiger partial charge on any atom is 0.233 e. The van der Waals surface area contributed by atoms with Crippen molar-refractivity contribution in [2.75, 3.05) is 24.7 Å². The van der Waals surface area contributed by atoms with Gasteiger partial charge in [-0.05, 0) is 29.7 Å². The van der Waals surface area contributed by atoms with Crippen molar-refractivity contribution < 1.29 is 9.18 Å². The van der Waals surface area contributed by atoms with E-state index in [0.717, 1.165) is 6.42 Å². The lowest BCUT2D eigenvalue weighted by molar-refractivity contribution is -0.127. The third-order valence-corrected chi connectivity index (χ3v) is 5.74. The molecule has 1 aliphatic rings. The molecule has 0 saturated carbocycles. The van der Waals surface area contributed by atoms with Crippen LogP contribution < -0.4 is 5.84 Å². The SMILES string of the molecule is Nn1c(SCC(=O)N2CC=C(c3ccccc3)CC2)nnc1-c1ccccc1F. The van der Waals surface area contributed by atoms with E-state index in [1.165, 1.54) is 33.6 Å². The van der Waals surface area contributed by atoms with Gasteiger partial charge in [-0.1, -0.05) is 60.3 Å². The maximum absolute atomic E-state index is 14.0. The molecule has 148 valence electrons. The molecular weight excluding hydrogens is 389 g/mol. The molecule has 2 N–H and O–H groups in total. The molecule has 0 spiro atoms. The van der Waals surface area contributed by atoms with Gasteiger partial charge in [0.05, 0.1) is 11.3 Å². The van der Waals surface area contributed by atoms with Crippen molar-refractivity contribution in [1.82, 2.24) is 19.8 Å². The fraction of sp³-hybridized carbons (Fsp3) is 0.190. The van der Waals surface area contributed by atoms with Gasteiger partial charge >= 0.3 is 0 Å². The summed E-state index contributed by atoms with van der Waals surface area (Å²) in [4.78, 5) is 14.4. The number of carbonyl (C=O) groups excluding carboxylic acids is 1. The van der Waals surface area contributed by atoms with Crippen molar-refractivity contribution >= 4 is 23.2 Å². The van der Waals surface area contributed by atoms with E-state index < -0.39 is 5.82 Å². The highest BCUT2D eigenvalue weighted by Crippen LogP contribution is 2.25. The highest BCUT2D eigenvalue weighted by molar-refractivity contribution is 7.99. The Morgan fingerprint density at radius 2 is 1.86 bits per heavy atom. The normalized spacial score (nSPS) is 14.0. The Balaban J connectivity index is 1.37. The first-order valence-corrected chi connectivity index (χ1v) is 10.2. The van der Waals surface area contributed by atoms with E-state index in [2.05, 4.69) is 28.4 Å². The Bertz CT molecular complexity index is 1050. The van der Waals surface area contributed by atoms with Crippen LogP contribution in [0.2, 0.25) is 0 Å². The van der Waals surface area contributed by atoms with Crippen LogP contribution in [0.3, 0.4) is 0 Å². The lowest BCUT2D eigenvalue weighted by Crippen LogP contribution is -2.36. The predicted octanol–water partition coefficient (Wildman–Crippen LogP) is 3.21. The van der Waals surface area contributed by atoms with Crippen LogP contribution in [-0.2, 0) is 4.79 Å². The average Bonchev–Trinajstić information content (AvgIpc) is 3.13. The van der Waals surface area contributed by atoms with Crippen LogP contribution in [0.5, 0.6) is 0 Å².